The van der Waals surface area contributed by atoms with Gasteiger partial charge in [-0.25, -0.2) is 8.42 Å². The topological polar surface area (TPSA) is 88.2 Å². The number of rotatable bonds is 6. The maximum atomic E-state index is 12.8. The summed E-state index contributed by atoms with van der Waals surface area (Å²) in [6.07, 6.45) is 5.21. The van der Waals surface area contributed by atoms with Crippen LogP contribution in [0.25, 0.3) is 0 Å². The van der Waals surface area contributed by atoms with Gasteiger partial charge in [0.1, 0.15) is 10.6 Å². The molecule has 152 valence electrons. The minimum atomic E-state index is -3.53. The van der Waals surface area contributed by atoms with Crippen LogP contribution >= 0.6 is 0 Å². The number of piperidine rings is 1. The van der Waals surface area contributed by atoms with Crippen molar-refractivity contribution in [3.05, 3.63) is 71.8 Å². The third kappa shape index (κ3) is 4.33. The number of nitrogens with zero attached hydrogens (tertiary/aromatic N) is 3. The maximum Gasteiger partial charge on any atom is 0.246 e. The molecule has 0 aliphatic carbocycles. The highest BCUT2D eigenvalue weighted by atomic mass is 32.2. The molecule has 1 saturated heterocycles. The second kappa shape index (κ2) is 8.34. The maximum absolute atomic E-state index is 12.8. The lowest BCUT2D eigenvalue weighted by Crippen LogP contribution is -2.39. The molecule has 0 radical (unpaired) electrons. The lowest BCUT2D eigenvalue weighted by molar-refractivity contribution is 0.312. The summed E-state index contributed by atoms with van der Waals surface area (Å²) in [6.45, 7) is 0.955. The number of methoxy groups -OCH3 is 1. The molecule has 0 spiro atoms. The van der Waals surface area contributed by atoms with Crippen molar-refractivity contribution in [2.75, 3.05) is 20.2 Å². The lowest BCUT2D eigenvalue weighted by Gasteiger charge is -2.31. The van der Waals surface area contributed by atoms with Crippen LogP contribution in [-0.4, -0.2) is 48.1 Å². The molecule has 1 aromatic carbocycles. The number of pyridine rings is 1. The van der Waals surface area contributed by atoms with Gasteiger partial charge in [0, 0.05) is 43.0 Å². The molecule has 3 heterocycles. The Hall–Kier alpha value is -2.71. The number of hydrogen-bond donors (Lipinski definition) is 1. The monoisotopic (exact) mass is 412 g/mol. The molecule has 7 nitrogen and oxygen atoms in total. The van der Waals surface area contributed by atoms with E-state index >= 15 is 0 Å². The van der Waals surface area contributed by atoms with Crippen LogP contribution in [0.1, 0.15) is 35.7 Å². The van der Waals surface area contributed by atoms with E-state index in [1.807, 2.05) is 36.4 Å². The molecule has 2 aromatic heterocycles. The van der Waals surface area contributed by atoms with Crippen LogP contribution in [0.15, 0.2) is 59.8 Å². The molecule has 3 aromatic rings. The minimum absolute atomic E-state index is 0.0793. The summed E-state index contributed by atoms with van der Waals surface area (Å²) in [7, 11) is -1.87. The van der Waals surface area contributed by atoms with Crippen molar-refractivity contribution < 1.29 is 13.2 Å². The molecule has 1 aliphatic heterocycles. The first-order chi connectivity index (χ1) is 14.1. The molecule has 4 rings (SSSR count). The van der Waals surface area contributed by atoms with Gasteiger partial charge in [-0.2, -0.15) is 9.40 Å². The van der Waals surface area contributed by atoms with Gasteiger partial charge in [-0.3, -0.25) is 10.1 Å². The fourth-order valence-electron chi connectivity index (χ4n) is 3.75. The summed E-state index contributed by atoms with van der Waals surface area (Å²) >= 11 is 0. The summed E-state index contributed by atoms with van der Waals surface area (Å²) in [5, 5.41) is 6.35. The average Bonchev–Trinajstić information content (AvgIpc) is 3.30. The van der Waals surface area contributed by atoms with E-state index in [-0.39, 0.29) is 10.8 Å². The average molecular weight is 413 g/mol. The first-order valence-corrected chi connectivity index (χ1v) is 11.1. The van der Waals surface area contributed by atoms with Crippen molar-refractivity contribution in [3.8, 4) is 5.75 Å². The molecule has 0 bridgehead atoms. The Morgan fingerprint density at radius 3 is 2.90 bits per heavy atom. The van der Waals surface area contributed by atoms with E-state index < -0.39 is 10.0 Å². The summed E-state index contributed by atoms with van der Waals surface area (Å²) in [4.78, 5) is 5.05. The summed E-state index contributed by atoms with van der Waals surface area (Å²) < 4.78 is 32.5. The number of sulfonamides is 1. The second-order valence-corrected chi connectivity index (χ2v) is 9.16. The third-order valence-corrected chi connectivity index (χ3v) is 7.09. The number of H-pyrrole nitrogens is 1. The Morgan fingerprint density at radius 1 is 1.24 bits per heavy atom. The molecule has 1 N–H and O–H groups in total. The molecule has 1 fully saturated rings. The van der Waals surface area contributed by atoms with Crippen LogP contribution in [0, 0.1) is 0 Å². The molecule has 0 saturated carbocycles. The molecule has 0 amide bonds. The highest BCUT2D eigenvalue weighted by molar-refractivity contribution is 7.89. The number of ether oxygens (including phenoxy) is 1. The van der Waals surface area contributed by atoms with Crippen LogP contribution in [0.3, 0.4) is 0 Å². The molecular weight excluding hydrogens is 388 g/mol. The molecule has 8 heteroatoms. The number of aromatic amines is 1. The van der Waals surface area contributed by atoms with Gasteiger partial charge in [0.25, 0.3) is 0 Å². The van der Waals surface area contributed by atoms with Crippen molar-refractivity contribution in [2.24, 2.45) is 0 Å². The van der Waals surface area contributed by atoms with Gasteiger partial charge in [0.2, 0.25) is 10.0 Å². The lowest BCUT2D eigenvalue weighted by atomic mass is 9.95. The quantitative estimate of drug-likeness (QED) is 0.672. The fourth-order valence-corrected chi connectivity index (χ4v) is 5.18. The van der Waals surface area contributed by atoms with Crippen LogP contribution in [0.2, 0.25) is 0 Å². The largest absolute Gasteiger partial charge is 0.497 e. The summed E-state index contributed by atoms with van der Waals surface area (Å²) in [5.41, 5.74) is 3.03. The van der Waals surface area contributed by atoms with Crippen LogP contribution in [-0.2, 0) is 16.4 Å². The standard InChI is InChI=1S/C21H24N4O3S/c1-28-19-8-2-5-16(12-19)11-18-7-3-9-21(24-18)17-6-4-10-25(15-17)29(26,27)20-13-22-23-14-20/h2-3,5,7-9,12-14,17H,4,6,10-11,15H2,1H3,(H,22,23)/t17-/m1/s1. The zero-order valence-corrected chi connectivity index (χ0v) is 17.1. The van der Waals surface area contributed by atoms with Crippen molar-refractivity contribution >= 4 is 10.0 Å². The fraction of sp³-hybridized carbons (Fsp3) is 0.333. The van der Waals surface area contributed by atoms with E-state index in [9.17, 15) is 8.42 Å². The van der Waals surface area contributed by atoms with Gasteiger partial charge in [0.15, 0.2) is 0 Å². The summed E-state index contributed by atoms with van der Waals surface area (Å²) in [6, 6.07) is 14.0. The normalized spacial score (nSPS) is 17.9. The zero-order chi connectivity index (χ0) is 20.3. The first kappa shape index (κ1) is 19.6. The van der Waals surface area contributed by atoms with E-state index in [2.05, 4.69) is 16.3 Å². The summed E-state index contributed by atoms with van der Waals surface area (Å²) in [5.74, 6) is 0.904. The van der Waals surface area contributed by atoms with Crippen LogP contribution in [0.5, 0.6) is 5.75 Å². The van der Waals surface area contributed by atoms with Gasteiger partial charge in [-0.1, -0.05) is 18.2 Å². The van der Waals surface area contributed by atoms with Gasteiger partial charge in [0.05, 0.1) is 13.3 Å². The highest BCUT2D eigenvalue weighted by Crippen LogP contribution is 2.29. The predicted octanol–water partition coefficient (Wildman–Crippen LogP) is 2.97. The van der Waals surface area contributed by atoms with Gasteiger partial charge in [-0.15, -0.1) is 0 Å². The van der Waals surface area contributed by atoms with E-state index in [0.717, 1.165) is 35.5 Å². The number of aromatic nitrogens is 3. The SMILES string of the molecule is COc1cccc(Cc2cccc([C@@H]3CCCN(S(=O)(=O)c4cn[nH]c4)C3)n2)c1. The second-order valence-electron chi connectivity index (χ2n) is 7.22. The highest BCUT2D eigenvalue weighted by Gasteiger charge is 2.32. The van der Waals surface area contributed by atoms with Gasteiger partial charge in [-0.05, 0) is 42.7 Å². The van der Waals surface area contributed by atoms with E-state index in [4.69, 9.17) is 9.72 Å². The minimum Gasteiger partial charge on any atom is -0.497 e. The number of hydrogen-bond acceptors (Lipinski definition) is 5. The van der Waals surface area contributed by atoms with E-state index in [1.165, 1.54) is 12.4 Å². The van der Waals surface area contributed by atoms with Crippen molar-refractivity contribution in [2.45, 2.75) is 30.1 Å². The molecule has 1 atom stereocenters. The number of nitrogens with one attached hydrogen (secondary N) is 1. The van der Waals surface area contributed by atoms with E-state index in [1.54, 1.807) is 11.4 Å². The van der Waals surface area contributed by atoms with Gasteiger partial charge >= 0.3 is 0 Å². The van der Waals surface area contributed by atoms with Crippen molar-refractivity contribution in [1.82, 2.24) is 19.5 Å². The molecular formula is C21H24N4O3S. The Bertz CT molecular complexity index is 1070. The Balaban J connectivity index is 1.52. The molecule has 1 aliphatic rings. The smallest absolute Gasteiger partial charge is 0.246 e. The first-order valence-electron chi connectivity index (χ1n) is 9.64. The molecule has 29 heavy (non-hydrogen) atoms. The van der Waals surface area contributed by atoms with E-state index in [0.29, 0.717) is 19.5 Å². The Kier molecular flexibility index (Phi) is 5.64. The van der Waals surface area contributed by atoms with Crippen molar-refractivity contribution in [3.63, 3.8) is 0 Å². The Labute approximate surface area is 170 Å². The zero-order valence-electron chi connectivity index (χ0n) is 16.3. The Morgan fingerprint density at radius 2 is 2.10 bits per heavy atom. The number of benzene rings is 1. The third-order valence-electron chi connectivity index (χ3n) is 5.26. The van der Waals surface area contributed by atoms with Gasteiger partial charge < -0.3 is 4.74 Å². The van der Waals surface area contributed by atoms with Crippen LogP contribution < -0.4 is 4.74 Å². The van der Waals surface area contributed by atoms with Crippen LogP contribution in [0.4, 0.5) is 0 Å². The molecule has 0 unspecified atom stereocenters. The predicted molar refractivity (Wildman–Crippen MR) is 109 cm³/mol. The van der Waals surface area contributed by atoms with Crippen molar-refractivity contribution in [1.29, 1.82) is 0 Å².